The summed E-state index contributed by atoms with van der Waals surface area (Å²) < 4.78 is 6.96. The summed E-state index contributed by atoms with van der Waals surface area (Å²) in [7, 11) is 1.35. The summed E-state index contributed by atoms with van der Waals surface area (Å²) in [4.78, 5) is 34.9. The van der Waals surface area contributed by atoms with Gasteiger partial charge in [-0.1, -0.05) is 19.4 Å². The summed E-state index contributed by atoms with van der Waals surface area (Å²) in [6, 6.07) is 7.98. The molecular formula is C25H31N5O3. The number of amides is 1. The number of hydrogen-bond donors (Lipinski definition) is 2. The van der Waals surface area contributed by atoms with Crippen molar-refractivity contribution in [3.05, 3.63) is 48.0 Å². The molecule has 8 nitrogen and oxygen atoms in total. The first kappa shape index (κ1) is 22.8. The van der Waals surface area contributed by atoms with E-state index in [-0.39, 0.29) is 17.9 Å². The Morgan fingerprint density at radius 1 is 1.27 bits per heavy atom. The molecule has 2 N–H and O–H groups in total. The summed E-state index contributed by atoms with van der Waals surface area (Å²) in [6.45, 7) is 4.68. The Balaban J connectivity index is 1.80. The van der Waals surface area contributed by atoms with Crippen LogP contribution in [0.5, 0.6) is 0 Å². The van der Waals surface area contributed by atoms with Crippen molar-refractivity contribution in [1.82, 2.24) is 14.5 Å². The fourth-order valence-electron chi connectivity index (χ4n) is 4.01. The van der Waals surface area contributed by atoms with Crippen molar-refractivity contribution >= 4 is 34.3 Å². The molecule has 174 valence electrons. The molecule has 0 bridgehead atoms. The van der Waals surface area contributed by atoms with E-state index in [9.17, 15) is 9.59 Å². The molecule has 0 saturated heterocycles. The summed E-state index contributed by atoms with van der Waals surface area (Å²) in [5, 5.41) is 7.19. The highest BCUT2D eigenvalue weighted by Crippen LogP contribution is 2.35. The second-order valence-electron chi connectivity index (χ2n) is 8.60. The highest BCUT2D eigenvalue weighted by atomic mass is 16.5. The summed E-state index contributed by atoms with van der Waals surface area (Å²) in [5.41, 5.74) is 3.16. The average molecular weight is 450 g/mol. The Labute approximate surface area is 193 Å². The molecule has 1 aliphatic carbocycles. The molecule has 1 atom stereocenters. The number of methoxy groups -OCH3 is 1. The minimum absolute atomic E-state index is 0.0169. The van der Waals surface area contributed by atoms with Crippen LogP contribution in [0.2, 0.25) is 0 Å². The molecule has 8 heteroatoms. The maximum Gasteiger partial charge on any atom is 0.356 e. The van der Waals surface area contributed by atoms with Crippen LogP contribution in [0.3, 0.4) is 0 Å². The normalized spacial score (nSPS) is 14.5. The number of aromatic nitrogens is 3. The Hall–Kier alpha value is -3.42. The van der Waals surface area contributed by atoms with E-state index in [0.717, 1.165) is 42.5 Å². The van der Waals surface area contributed by atoms with Gasteiger partial charge in [0.05, 0.1) is 24.7 Å². The molecule has 1 aliphatic rings. The number of pyridine rings is 2. The van der Waals surface area contributed by atoms with E-state index in [4.69, 9.17) is 4.74 Å². The standard InChI is InChI=1S/C25H31N5O3/c1-4-16(2)28-19-14-20-21(29-24(31)17-8-7-9-17)22(25(32)33-3)30(23(20)27-15-19)13-11-18-10-5-6-12-26-18/h5-6,10,12,14-17,28H,4,7-9,11,13H2,1-3H3,(H,29,31)/t16-/m0/s1. The number of rotatable bonds is 9. The first-order valence-corrected chi connectivity index (χ1v) is 11.6. The molecule has 1 fully saturated rings. The molecule has 0 unspecified atom stereocenters. The molecule has 1 saturated carbocycles. The average Bonchev–Trinajstić information content (AvgIpc) is 3.09. The van der Waals surface area contributed by atoms with Gasteiger partial charge in [0, 0.05) is 42.2 Å². The maximum absolute atomic E-state index is 12.9. The molecular weight excluding hydrogens is 418 g/mol. The van der Waals surface area contributed by atoms with Gasteiger partial charge < -0.3 is 19.9 Å². The van der Waals surface area contributed by atoms with Crippen LogP contribution in [0.1, 0.15) is 55.7 Å². The number of fused-ring (bicyclic) bond motifs is 1. The predicted molar refractivity (Wildman–Crippen MR) is 128 cm³/mol. The molecule has 4 rings (SSSR count). The van der Waals surface area contributed by atoms with Crippen molar-refractivity contribution in [2.75, 3.05) is 17.7 Å². The topological polar surface area (TPSA) is 98.1 Å². The molecule has 3 aromatic heterocycles. The fourth-order valence-corrected chi connectivity index (χ4v) is 4.01. The fraction of sp³-hybridized carbons (Fsp3) is 0.440. The van der Waals surface area contributed by atoms with E-state index < -0.39 is 5.97 Å². The number of hydrogen-bond acceptors (Lipinski definition) is 6. The van der Waals surface area contributed by atoms with Crippen molar-refractivity contribution in [2.45, 2.75) is 58.5 Å². The van der Waals surface area contributed by atoms with Gasteiger partial charge in [-0.05, 0) is 44.4 Å². The van der Waals surface area contributed by atoms with E-state index in [1.807, 2.05) is 28.8 Å². The van der Waals surface area contributed by atoms with Crippen LogP contribution in [0.15, 0.2) is 36.7 Å². The third-order valence-corrected chi connectivity index (χ3v) is 6.34. The third-order valence-electron chi connectivity index (χ3n) is 6.34. The number of aryl methyl sites for hydroxylation is 2. The predicted octanol–water partition coefficient (Wildman–Crippen LogP) is 4.41. The van der Waals surface area contributed by atoms with E-state index in [0.29, 0.717) is 30.0 Å². The second kappa shape index (κ2) is 10.0. The Morgan fingerprint density at radius 3 is 2.73 bits per heavy atom. The number of nitrogens with zero attached hydrogens (tertiary/aromatic N) is 3. The van der Waals surface area contributed by atoms with Crippen LogP contribution >= 0.6 is 0 Å². The van der Waals surface area contributed by atoms with Crippen LogP contribution in [0.4, 0.5) is 11.4 Å². The molecule has 0 spiro atoms. The van der Waals surface area contributed by atoms with Crippen LogP contribution in [-0.4, -0.2) is 39.6 Å². The minimum atomic E-state index is -0.505. The molecule has 3 aromatic rings. The van der Waals surface area contributed by atoms with Crippen molar-refractivity contribution in [2.24, 2.45) is 5.92 Å². The number of carbonyl (C=O) groups excluding carboxylic acids is 2. The minimum Gasteiger partial charge on any atom is -0.464 e. The van der Waals surface area contributed by atoms with Gasteiger partial charge in [-0.2, -0.15) is 0 Å². The number of nitrogens with one attached hydrogen (secondary N) is 2. The van der Waals surface area contributed by atoms with E-state index in [1.165, 1.54) is 7.11 Å². The van der Waals surface area contributed by atoms with Crippen LogP contribution in [0, 0.1) is 5.92 Å². The van der Waals surface area contributed by atoms with Crippen molar-refractivity contribution < 1.29 is 14.3 Å². The lowest BCUT2D eigenvalue weighted by molar-refractivity contribution is -0.122. The number of carbonyl (C=O) groups is 2. The highest BCUT2D eigenvalue weighted by molar-refractivity contribution is 6.11. The first-order chi connectivity index (χ1) is 16.0. The van der Waals surface area contributed by atoms with Gasteiger partial charge in [0.25, 0.3) is 0 Å². The van der Waals surface area contributed by atoms with Crippen molar-refractivity contribution in [3.63, 3.8) is 0 Å². The zero-order chi connectivity index (χ0) is 23.4. The molecule has 1 amide bonds. The zero-order valence-corrected chi connectivity index (χ0v) is 19.4. The van der Waals surface area contributed by atoms with Gasteiger partial charge in [-0.25, -0.2) is 9.78 Å². The lowest BCUT2D eigenvalue weighted by Gasteiger charge is -2.24. The monoisotopic (exact) mass is 449 g/mol. The summed E-state index contributed by atoms with van der Waals surface area (Å²) in [6.07, 6.45) is 7.89. The molecule has 0 radical (unpaired) electrons. The van der Waals surface area contributed by atoms with Crippen molar-refractivity contribution in [1.29, 1.82) is 0 Å². The first-order valence-electron chi connectivity index (χ1n) is 11.6. The second-order valence-corrected chi connectivity index (χ2v) is 8.60. The summed E-state index contributed by atoms with van der Waals surface area (Å²) >= 11 is 0. The summed E-state index contributed by atoms with van der Waals surface area (Å²) in [5.74, 6) is -0.582. The van der Waals surface area contributed by atoms with Gasteiger partial charge in [0.1, 0.15) is 5.65 Å². The Kier molecular flexibility index (Phi) is 6.91. The third kappa shape index (κ3) is 4.84. The van der Waals surface area contributed by atoms with Crippen LogP contribution in [-0.2, 0) is 22.5 Å². The molecule has 33 heavy (non-hydrogen) atoms. The van der Waals surface area contributed by atoms with E-state index >= 15 is 0 Å². The zero-order valence-electron chi connectivity index (χ0n) is 19.4. The Bertz CT molecular complexity index is 1140. The molecule has 0 aromatic carbocycles. The number of esters is 1. The van der Waals surface area contributed by atoms with Gasteiger partial charge in [-0.3, -0.25) is 9.78 Å². The van der Waals surface area contributed by atoms with Crippen LogP contribution in [0.25, 0.3) is 11.0 Å². The van der Waals surface area contributed by atoms with Gasteiger partial charge >= 0.3 is 5.97 Å². The largest absolute Gasteiger partial charge is 0.464 e. The van der Waals surface area contributed by atoms with Crippen molar-refractivity contribution in [3.8, 4) is 0 Å². The SMILES string of the molecule is CC[C@H](C)Nc1cnc2c(c1)c(NC(=O)C1CCC1)c(C(=O)OC)n2CCc1ccccn1. The number of ether oxygens (including phenoxy) is 1. The van der Waals surface area contributed by atoms with E-state index in [2.05, 4.69) is 34.4 Å². The van der Waals surface area contributed by atoms with Gasteiger partial charge in [0.2, 0.25) is 5.91 Å². The molecule has 3 heterocycles. The maximum atomic E-state index is 12.9. The van der Waals surface area contributed by atoms with Crippen LogP contribution < -0.4 is 10.6 Å². The quantitative estimate of drug-likeness (QED) is 0.470. The Morgan fingerprint density at radius 2 is 2.09 bits per heavy atom. The lowest BCUT2D eigenvalue weighted by atomic mass is 9.85. The lowest BCUT2D eigenvalue weighted by Crippen LogP contribution is -2.29. The number of anilines is 2. The smallest absolute Gasteiger partial charge is 0.356 e. The molecule has 0 aliphatic heterocycles. The van der Waals surface area contributed by atoms with Gasteiger partial charge in [0.15, 0.2) is 5.69 Å². The van der Waals surface area contributed by atoms with E-state index in [1.54, 1.807) is 12.4 Å². The van der Waals surface area contributed by atoms with Gasteiger partial charge in [-0.15, -0.1) is 0 Å². The highest BCUT2D eigenvalue weighted by Gasteiger charge is 2.30.